The highest BCUT2D eigenvalue weighted by atomic mass is 16.5. The van der Waals surface area contributed by atoms with Crippen molar-refractivity contribution >= 4 is 11.9 Å². The fraction of sp³-hybridized carbons (Fsp3) is 0.310. The molecule has 36 heavy (non-hydrogen) atoms. The summed E-state index contributed by atoms with van der Waals surface area (Å²) in [5.74, 6) is 1.44. The van der Waals surface area contributed by atoms with Crippen molar-refractivity contribution in [2.45, 2.75) is 26.3 Å². The van der Waals surface area contributed by atoms with Gasteiger partial charge in [0.2, 0.25) is 0 Å². The Kier molecular flexibility index (Phi) is 7.78. The number of benzene rings is 3. The average molecular weight is 490 g/mol. The zero-order valence-electron chi connectivity index (χ0n) is 21.1. The molecule has 1 aliphatic heterocycles. The maximum absolute atomic E-state index is 13.7. The van der Waals surface area contributed by atoms with Gasteiger partial charge >= 0.3 is 5.97 Å². The van der Waals surface area contributed by atoms with E-state index in [1.54, 1.807) is 45.4 Å². The van der Waals surface area contributed by atoms with Crippen molar-refractivity contribution in [2.75, 3.05) is 34.0 Å². The number of carbonyl (C=O) groups excluding carboxylic acids is 2. The summed E-state index contributed by atoms with van der Waals surface area (Å²) in [6.45, 7) is 4.81. The molecule has 0 N–H and O–H groups in total. The van der Waals surface area contributed by atoms with E-state index in [0.717, 1.165) is 16.7 Å². The first-order valence-electron chi connectivity index (χ1n) is 12.0. The molecule has 1 heterocycles. The molecule has 0 fully saturated rings. The Bertz CT molecular complexity index is 1240. The number of amides is 1. The van der Waals surface area contributed by atoms with Crippen LogP contribution in [0.25, 0.3) is 0 Å². The summed E-state index contributed by atoms with van der Waals surface area (Å²) in [4.78, 5) is 27.5. The number of methoxy groups -OCH3 is 2. The Hall–Kier alpha value is -4.00. The van der Waals surface area contributed by atoms with E-state index in [9.17, 15) is 9.59 Å². The lowest BCUT2D eigenvalue weighted by Gasteiger charge is -2.38. The second kappa shape index (κ2) is 11.2. The number of esters is 1. The Morgan fingerprint density at radius 3 is 2.33 bits per heavy atom. The second-order valence-corrected chi connectivity index (χ2v) is 8.54. The molecule has 1 atom stereocenters. The molecule has 0 saturated heterocycles. The van der Waals surface area contributed by atoms with Crippen molar-refractivity contribution in [2.24, 2.45) is 0 Å². The summed E-state index contributed by atoms with van der Waals surface area (Å²) in [6, 6.07) is 18.0. The van der Waals surface area contributed by atoms with Gasteiger partial charge in [-0.2, -0.15) is 0 Å². The first-order valence-corrected chi connectivity index (χ1v) is 12.0. The predicted molar refractivity (Wildman–Crippen MR) is 136 cm³/mol. The van der Waals surface area contributed by atoms with Gasteiger partial charge in [0.25, 0.3) is 5.91 Å². The lowest BCUT2D eigenvalue weighted by atomic mass is 9.91. The molecule has 1 aliphatic rings. The van der Waals surface area contributed by atoms with Crippen LogP contribution in [0.4, 0.5) is 0 Å². The van der Waals surface area contributed by atoms with Gasteiger partial charge in [-0.15, -0.1) is 0 Å². The third-order valence-corrected chi connectivity index (χ3v) is 6.41. The van der Waals surface area contributed by atoms with Crippen LogP contribution in [0.5, 0.6) is 17.2 Å². The summed E-state index contributed by atoms with van der Waals surface area (Å²) in [5.41, 5.74) is 4.11. The van der Waals surface area contributed by atoms with Gasteiger partial charge in [0.1, 0.15) is 12.4 Å². The van der Waals surface area contributed by atoms with Crippen LogP contribution < -0.4 is 14.2 Å². The number of aryl methyl sites for hydroxylation is 1. The van der Waals surface area contributed by atoms with Crippen molar-refractivity contribution in [1.82, 2.24) is 4.90 Å². The highest BCUT2D eigenvalue weighted by molar-refractivity contribution is 5.96. The van der Waals surface area contributed by atoms with Gasteiger partial charge in [-0.1, -0.05) is 18.2 Å². The van der Waals surface area contributed by atoms with Gasteiger partial charge in [-0.05, 0) is 79.4 Å². The van der Waals surface area contributed by atoms with Crippen molar-refractivity contribution < 1.29 is 28.5 Å². The van der Waals surface area contributed by atoms with Gasteiger partial charge < -0.3 is 23.8 Å². The summed E-state index contributed by atoms with van der Waals surface area (Å²) in [6.07, 6.45) is 0.693. The SMILES string of the molecule is CCOC(=O)c1ccc(OC[C@H]2c3cc(OC)c(OC)cc3CCN2C(=O)c2ccccc2C)cc1. The van der Waals surface area contributed by atoms with Crippen molar-refractivity contribution in [1.29, 1.82) is 0 Å². The van der Waals surface area contributed by atoms with Crippen molar-refractivity contribution in [3.8, 4) is 17.2 Å². The topological polar surface area (TPSA) is 74.3 Å². The van der Waals surface area contributed by atoms with E-state index in [1.807, 2.05) is 48.2 Å². The van der Waals surface area contributed by atoms with Gasteiger partial charge in [0.15, 0.2) is 11.5 Å². The van der Waals surface area contributed by atoms with Gasteiger partial charge in [-0.25, -0.2) is 4.79 Å². The number of ether oxygens (including phenoxy) is 4. The van der Waals surface area contributed by atoms with Gasteiger partial charge in [0.05, 0.1) is 32.4 Å². The molecule has 7 heteroatoms. The molecule has 7 nitrogen and oxygen atoms in total. The molecule has 0 radical (unpaired) electrons. The lowest BCUT2D eigenvalue weighted by Crippen LogP contribution is -2.42. The third kappa shape index (κ3) is 5.15. The van der Waals surface area contributed by atoms with Crippen LogP contribution in [0.2, 0.25) is 0 Å². The van der Waals surface area contributed by atoms with E-state index in [1.165, 1.54) is 0 Å². The standard InChI is InChI=1S/C29H31NO6/c1-5-35-29(32)20-10-12-22(13-11-20)36-18-25-24-17-27(34-4)26(33-3)16-21(24)14-15-30(25)28(31)23-9-7-6-8-19(23)2/h6-13,16-17,25H,5,14-15,18H2,1-4H3/t25-/m0/s1. The summed E-state index contributed by atoms with van der Waals surface area (Å²) >= 11 is 0. The number of rotatable bonds is 8. The minimum Gasteiger partial charge on any atom is -0.493 e. The van der Waals surface area contributed by atoms with Crippen LogP contribution >= 0.6 is 0 Å². The molecule has 3 aromatic rings. The number of nitrogens with zero attached hydrogens (tertiary/aromatic N) is 1. The van der Waals surface area contributed by atoms with E-state index >= 15 is 0 Å². The van der Waals surface area contributed by atoms with Crippen LogP contribution in [-0.2, 0) is 11.2 Å². The highest BCUT2D eigenvalue weighted by Gasteiger charge is 2.33. The smallest absolute Gasteiger partial charge is 0.338 e. The highest BCUT2D eigenvalue weighted by Crippen LogP contribution is 2.39. The Labute approximate surface area is 211 Å². The molecule has 0 bridgehead atoms. The first-order chi connectivity index (χ1) is 17.5. The second-order valence-electron chi connectivity index (χ2n) is 8.54. The van der Waals surface area contributed by atoms with Crippen LogP contribution in [0, 0.1) is 6.92 Å². The number of fused-ring (bicyclic) bond motifs is 1. The Morgan fingerprint density at radius 2 is 1.67 bits per heavy atom. The van der Waals surface area contributed by atoms with Gasteiger partial charge in [0, 0.05) is 12.1 Å². The molecule has 4 rings (SSSR count). The Balaban J connectivity index is 1.65. The van der Waals surface area contributed by atoms with E-state index < -0.39 is 0 Å². The van der Waals surface area contributed by atoms with Crippen LogP contribution in [0.15, 0.2) is 60.7 Å². The predicted octanol–water partition coefficient (Wildman–Crippen LogP) is 5.01. The van der Waals surface area contributed by atoms with E-state index in [-0.39, 0.29) is 24.5 Å². The van der Waals surface area contributed by atoms with E-state index in [4.69, 9.17) is 18.9 Å². The van der Waals surface area contributed by atoms with Crippen LogP contribution in [0.1, 0.15) is 50.4 Å². The molecular formula is C29H31NO6. The molecule has 0 spiro atoms. The maximum Gasteiger partial charge on any atom is 0.338 e. The largest absolute Gasteiger partial charge is 0.493 e. The number of hydrogen-bond donors (Lipinski definition) is 0. The zero-order chi connectivity index (χ0) is 25.7. The zero-order valence-corrected chi connectivity index (χ0v) is 21.1. The van der Waals surface area contributed by atoms with Crippen LogP contribution in [0.3, 0.4) is 0 Å². The summed E-state index contributed by atoms with van der Waals surface area (Å²) in [5, 5.41) is 0. The van der Waals surface area contributed by atoms with E-state index in [0.29, 0.717) is 47.9 Å². The molecule has 188 valence electrons. The van der Waals surface area contributed by atoms with Crippen molar-refractivity contribution in [3.05, 3.63) is 88.5 Å². The molecule has 0 unspecified atom stereocenters. The van der Waals surface area contributed by atoms with Crippen molar-refractivity contribution in [3.63, 3.8) is 0 Å². The number of hydrogen-bond acceptors (Lipinski definition) is 6. The Morgan fingerprint density at radius 1 is 0.972 bits per heavy atom. The quantitative estimate of drug-likeness (QED) is 0.414. The lowest BCUT2D eigenvalue weighted by molar-refractivity contribution is 0.0524. The fourth-order valence-electron chi connectivity index (χ4n) is 4.50. The molecule has 0 aromatic heterocycles. The number of carbonyl (C=O) groups is 2. The molecule has 1 amide bonds. The molecule has 3 aromatic carbocycles. The van der Waals surface area contributed by atoms with E-state index in [2.05, 4.69) is 0 Å². The average Bonchev–Trinajstić information content (AvgIpc) is 2.91. The first kappa shape index (κ1) is 25.1. The fourth-order valence-corrected chi connectivity index (χ4v) is 4.50. The van der Waals surface area contributed by atoms with Crippen LogP contribution in [-0.4, -0.2) is 50.8 Å². The summed E-state index contributed by atoms with van der Waals surface area (Å²) < 4.78 is 22.3. The molecule has 0 aliphatic carbocycles. The minimum absolute atomic E-state index is 0.0419. The monoisotopic (exact) mass is 489 g/mol. The third-order valence-electron chi connectivity index (χ3n) is 6.41. The molecule has 0 saturated carbocycles. The minimum atomic E-state index is -0.374. The summed E-state index contributed by atoms with van der Waals surface area (Å²) in [7, 11) is 3.21. The normalized spacial score (nSPS) is 14.6. The molecular weight excluding hydrogens is 458 g/mol. The maximum atomic E-state index is 13.7. The van der Waals surface area contributed by atoms with Gasteiger partial charge in [-0.3, -0.25) is 4.79 Å².